The molecule has 0 aliphatic carbocycles. The lowest BCUT2D eigenvalue weighted by atomic mass is 9.84. The molecule has 1 aromatic heterocycles. The summed E-state index contributed by atoms with van der Waals surface area (Å²) in [6, 6.07) is 5.69. The Bertz CT molecular complexity index is 1520. The van der Waals surface area contributed by atoms with Crippen LogP contribution < -0.4 is 21.7 Å². The number of unbranched alkanes of at least 4 members (excludes halogenated alkanes) is 3. The number of aromatic nitrogens is 1. The first-order valence-corrected chi connectivity index (χ1v) is 21.8. The number of piperidine rings is 1. The number of nitrogens with zero attached hydrogens (tertiary/aromatic N) is 2. The summed E-state index contributed by atoms with van der Waals surface area (Å²) in [4.78, 5) is 60.9. The topological polar surface area (TPSA) is 176 Å². The summed E-state index contributed by atoms with van der Waals surface area (Å²) in [6.07, 6.45) is 8.16. The van der Waals surface area contributed by atoms with Crippen molar-refractivity contribution in [3.05, 3.63) is 45.9 Å². The summed E-state index contributed by atoms with van der Waals surface area (Å²) < 4.78 is 6.33. The van der Waals surface area contributed by atoms with E-state index in [2.05, 4.69) is 43.6 Å². The van der Waals surface area contributed by atoms with Gasteiger partial charge in [-0.2, -0.15) is 0 Å². The Labute approximate surface area is 339 Å². The van der Waals surface area contributed by atoms with Gasteiger partial charge in [-0.1, -0.05) is 78.9 Å². The highest BCUT2D eigenvalue weighted by molar-refractivity contribution is 7.09. The standard InChI is InChI=1S/C43H70N6O6S/c1-9-12-13-16-23-49(41(52)37(29(6)10-2)48-38(50)33-17-14-15-22-45-33)35(28(4)5)25-36(55-11-3)40-47-34(27-56-40)39(51)46-32(26-43(7,8)42(53)54)24-30-18-20-31(44)21-19-30/h18-21,27-29,32-33,35-37,45H,9-17,22-26,44H2,1-8H3,(H,46,51)(H,48,50)(H,53,54)/t29-,32-,33+,35+,36+,37-/m0/s1. The first kappa shape index (κ1) is 46.8. The predicted molar refractivity (Wildman–Crippen MR) is 224 cm³/mol. The van der Waals surface area contributed by atoms with Crippen LogP contribution in [0.1, 0.15) is 147 Å². The van der Waals surface area contributed by atoms with E-state index in [-0.39, 0.29) is 47.8 Å². The van der Waals surface area contributed by atoms with Crippen LogP contribution in [0.5, 0.6) is 0 Å². The average Bonchev–Trinajstić information content (AvgIpc) is 3.67. The van der Waals surface area contributed by atoms with E-state index in [1.807, 2.05) is 30.9 Å². The minimum absolute atomic E-state index is 0.0614. The Morgan fingerprint density at radius 3 is 2.36 bits per heavy atom. The summed E-state index contributed by atoms with van der Waals surface area (Å²) in [7, 11) is 0. The maximum absolute atomic E-state index is 14.8. The van der Waals surface area contributed by atoms with E-state index in [1.165, 1.54) is 11.3 Å². The van der Waals surface area contributed by atoms with Crippen LogP contribution in [0.25, 0.3) is 0 Å². The second kappa shape index (κ2) is 23.0. The lowest BCUT2D eigenvalue weighted by Gasteiger charge is -2.40. The Hall–Kier alpha value is -3.55. The van der Waals surface area contributed by atoms with Crippen LogP contribution in [0.3, 0.4) is 0 Å². The number of carboxylic acid groups (broad SMARTS) is 1. The van der Waals surface area contributed by atoms with Crippen molar-refractivity contribution in [2.75, 3.05) is 25.4 Å². The maximum atomic E-state index is 14.8. The van der Waals surface area contributed by atoms with Gasteiger partial charge in [0.2, 0.25) is 11.8 Å². The first-order chi connectivity index (χ1) is 26.6. The maximum Gasteiger partial charge on any atom is 0.309 e. The smallest absolute Gasteiger partial charge is 0.309 e. The van der Waals surface area contributed by atoms with Crippen LogP contribution in [0, 0.1) is 17.3 Å². The molecule has 0 bridgehead atoms. The Morgan fingerprint density at radius 2 is 1.77 bits per heavy atom. The Balaban J connectivity index is 1.89. The highest BCUT2D eigenvalue weighted by Gasteiger charge is 2.38. The molecule has 12 nitrogen and oxygen atoms in total. The molecule has 0 radical (unpaired) electrons. The molecule has 0 unspecified atom stereocenters. The van der Waals surface area contributed by atoms with Crippen LogP contribution in [0.2, 0.25) is 0 Å². The molecule has 0 saturated carbocycles. The number of ether oxygens (including phenoxy) is 1. The Kier molecular flexibility index (Phi) is 19.2. The Morgan fingerprint density at radius 1 is 1.05 bits per heavy atom. The van der Waals surface area contributed by atoms with Crippen molar-refractivity contribution in [1.82, 2.24) is 25.8 Å². The average molecular weight is 799 g/mol. The molecular weight excluding hydrogens is 729 g/mol. The van der Waals surface area contributed by atoms with Crippen molar-refractivity contribution >= 4 is 40.7 Å². The number of benzene rings is 1. The van der Waals surface area contributed by atoms with Crippen LogP contribution in [0.15, 0.2) is 29.6 Å². The van der Waals surface area contributed by atoms with Gasteiger partial charge in [0, 0.05) is 42.7 Å². The fourth-order valence-corrected chi connectivity index (χ4v) is 8.23. The lowest BCUT2D eigenvalue weighted by Crippen LogP contribution is -2.58. The summed E-state index contributed by atoms with van der Waals surface area (Å²) in [5.74, 6) is -1.51. The lowest BCUT2D eigenvalue weighted by molar-refractivity contribution is -0.147. The number of anilines is 1. The molecule has 1 aromatic carbocycles. The molecule has 56 heavy (non-hydrogen) atoms. The van der Waals surface area contributed by atoms with Crippen LogP contribution in [0.4, 0.5) is 5.69 Å². The van der Waals surface area contributed by atoms with E-state index in [4.69, 9.17) is 15.5 Å². The largest absolute Gasteiger partial charge is 0.481 e. The quantitative estimate of drug-likeness (QED) is 0.0546. The zero-order valence-electron chi connectivity index (χ0n) is 35.2. The zero-order chi connectivity index (χ0) is 41.4. The molecule has 314 valence electrons. The number of aliphatic carboxylic acids is 1. The predicted octanol–water partition coefficient (Wildman–Crippen LogP) is 7.14. The number of carbonyl (C=O) groups excluding carboxylic acids is 3. The van der Waals surface area contributed by atoms with E-state index in [1.54, 1.807) is 31.4 Å². The molecule has 0 spiro atoms. The minimum Gasteiger partial charge on any atom is -0.481 e. The number of carbonyl (C=O) groups is 4. The van der Waals surface area contributed by atoms with Gasteiger partial charge < -0.3 is 36.4 Å². The second-order valence-electron chi connectivity index (χ2n) is 16.5. The summed E-state index contributed by atoms with van der Waals surface area (Å²) >= 11 is 1.34. The van der Waals surface area contributed by atoms with Crippen LogP contribution in [-0.4, -0.2) is 82.5 Å². The molecule has 3 amide bonds. The van der Waals surface area contributed by atoms with E-state index >= 15 is 0 Å². The molecule has 6 atom stereocenters. The molecule has 3 rings (SSSR count). The van der Waals surface area contributed by atoms with Gasteiger partial charge in [-0.3, -0.25) is 19.2 Å². The number of carboxylic acids is 1. The summed E-state index contributed by atoms with van der Waals surface area (Å²) in [5, 5.41) is 21.8. The van der Waals surface area contributed by atoms with E-state index in [0.717, 1.165) is 63.5 Å². The number of nitrogens with two attached hydrogens (primary N) is 1. The molecule has 1 fully saturated rings. The van der Waals surface area contributed by atoms with Crippen molar-refractivity contribution < 1.29 is 29.0 Å². The second-order valence-corrected chi connectivity index (χ2v) is 17.4. The number of amides is 3. The normalized spacial score (nSPS) is 17.4. The monoisotopic (exact) mass is 799 g/mol. The fourth-order valence-electron chi connectivity index (χ4n) is 7.37. The fraction of sp³-hybridized carbons (Fsp3) is 0.698. The van der Waals surface area contributed by atoms with Gasteiger partial charge >= 0.3 is 5.97 Å². The van der Waals surface area contributed by atoms with Crippen molar-refractivity contribution in [1.29, 1.82) is 0 Å². The van der Waals surface area contributed by atoms with Crippen molar-refractivity contribution in [2.45, 2.75) is 156 Å². The molecule has 13 heteroatoms. The third-order valence-corrected chi connectivity index (χ3v) is 12.0. The number of hydrogen-bond donors (Lipinski definition) is 5. The highest BCUT2D eigenvalue weighted by atomic mass is 32.1. The molecular formula is C43H70N6O6S. The highest BCUT2D eigenvalue weighted by Crippen LogP contribution is 2.32. The SMILES string of the molecule is CCCCCCN(C(=O)[C@@H](NC(=O)[C@H]1CCCCN1)[C@@H](C)CC)[C@H](C[C@@H](OCC)c1nc(C(=O)N[C@@H](Cc2ccc(N)cc2)CC(C)(C)C(=O)O)cs1)C(C)C. The molecule has 1 aliphatic heterocycles. The van der Waals surface area contributed by atoms with Gasteiger partial charge in [0.25, 0.3) is 5.91 Å². The van der Waals surface area contributed by atoms with Gasteiger partial charge in [0.1, 0.15) is 22.8 Å². The third-order valence-electron chi connectivity index (χ3n) is 11.1. The minimum atomic E-state index is -1.08. The zero-order valence-corrected chi connectivity index (χ0v) is 36.0. The van der Waals surface area contributed by atoms with E-state index in [0.29, 0.717) is 36.7 Å². The number of rotatable bonds is 24. The van der Waals surface area contributed by atoms with Gasteiger partial charge in [-0.25, -0.2) is 4.98 Å². The summed E-state index contributed by atoms with van der Waals surface area (Å²) in [5.41, 5.74) is 6.59. The third kappa shape index (κ3) is 14.1. The molecule has 2 heterocycles. The van der Waals surface area contributed by atoms with E-state index in [9.17, 15) is 24.3 Å². The van der Waals surface area contributed by atoms with Gasteiger partial charge in [0.05, 0.1) is 11.5 Å². The van der Waals surface area contributed by atoms with Crippen LogP contribution >= 0.6 is 11.3 Å². The van der Waals surface area contributed by atoms with Crippen molar-refractivity contribution in [3.63, 3.8) is 0 Å². The van der Waals surface area contributed by atoms with Gasteiger partial charge in [-0.05, 0) is 89.0 Å². The molecule has 1 saturated heterocycles. The van der Waals surface area contributed by atoms with Crippen molar-refractivity contribution in [2.24, 2.45) is 17.3 Å². The molecule has 2 aromatic rings. The number of nitrogen functional groups attached to an aromatic ring is 1. The summed E-state index contributed by atoms with van der Waals surface area (Å²) in [6.45, 7) is 17.5. The number of thiazole rings is 1. The van der Waals surface area contributed by atoms with Gasteiger partial charge in [0.15, 0.2) is 0 Å². The number of nitrogens with one attached hydrogen (secondary N) is 3. The van der Waals surface area contributed by atoms with E-state index < -0.39 is 35.5 Å². The molecule has 1 aliphatic rings. The first-order valence-electron chi connectivity index (χ1n) is 20.9. The molecule has 6 N–H and O–H groups in total. The number of hydrogen-bond acceptors (Lipinski definition) is 9. The van der Waals surface area contributed by atoms with Crippen molar-refractivity contribution in [3.8, 4) is 0 Å². The van der Waals surface area contributed by atoms with Gasteiger partial charge in [-0.15, -0.1) is 11.3 Å². The van der Waals surface area contributed by atoms with Crippen LogP contribution in [-0.2, 0) is 25.5 Å².